The zero-order chi connectivity index (χ0) is 12.1. The van der Waals surface area contributed by atoms with Gasteiger partial charge in [-0.25, -0.2) is 8.78 Å². The van der Waals surface area contributed by atoms with Crippen LogP contribution >= 0.6 is 0 Å². The molecule has 16 heavy (non-hydrogen) atoms. The topological polar surface area (TPSA) is 38.0 Å². The Kier molecular flexibility index (Phi) is 4.83. The maximum atomic E-state index is 12.9. The van der Waals surface area contributed by atoms with Crippen LogP contribution in [0.4, 0.5) is 8.78 Å². The summed E-state index contributed by atoms with van der Waals surface area (Å²) in [6.45, 7) is 5.16. The summed E-state index contributed by atoms with van der Waals surface area (Å²) in [4.78, 5) is 0. The van der Waals surface area contributed by atoms with Gasteiger partial charge in [-0.2, -0.15) is 0 Å². The predicted octanol–water partition coefficient (Wildman–Crippen LogP) is 2.04. The number of hydrogen-bond acceptors (Lipinski definition) is 2. The number of rotatable bonds is 5. The van der Waals surface area contributed by atoms with Gasteiger partial charge in [0.25, 0.3) is 0 Å². The van der Waals surface area contributed by atoms with E-state index in [0.29, 0.717) is 19.0 Å². The Labute approximate surface area is 94.8 Å². The highest BCUT2D eigenvalue weighted by atomic mass is 19.2. The second-order valence-electron chi connectivity index (χ2n) is 4.22. The van der Waals surface area contributed by atoms with Gasteiger partial charge in [0.15, 0.2) is 11.6 Å². The minimum atomic E-state index is -0.817. The SMILES string of the molecule is CC(C)C(CN)NCc1ccc(F)c(F)c1. The molecule has 0 aromatic heterocycles. The van der Waals surface area contributed by atoms with Crippen molar-refractivity contribution in [1.29, 1.82) is 0 Å². The van der Waals surface area contributed by atoms with Crippen LogP contribution in [0.2, 0.25) is 0 Å². The molecule has 1 rings (SSSR count). The van der Waals surface area contributed by atoms with Crippen molar-refractivity contribution >= 4 is 0 Å². The van der Waals surface area contributed by atoms with Crippen LogP contribution in [0.15, 0.2) is 18.2 Å². The fourth-order valence-electron chi connectivity index (χ4n) is 1.49. The summed E-state index contributed by atoms with van der Waals surface area (Å²) >= 11 is 0. The smallest absolute Gasteiger partial charge is 0.159 e. The number of benzene rings is 1. The van der Waals surface area contributed by atoms with E-state index in [2.05, 4.69) is 19.2 Å². The van der Waals surface area contributed by atoms with Gasteiger partial charge in [-0.3, -0.25) is 0 Å². The lowest BCUT2D eigenvalue weighted by atomic mass is 10.0. The second-order valence-corrected chi connectivity index (χ2v) is 4.22. The molecule has 0 aliphatic heterocycles. The van der Waals surface area contributed by atoms with E-state index in [1.807, 2.05) is 0 Å². The molecule has 0 bridgehead atoms. The van der Waals surface area contributed by atoms with Crippen molar-refractivity contribution in [3.05, 3.63) is 35.4 Å². The van der Waals surface area contributed by atoms with E-state index in [4.69, 9.17) is 5.73 Å². The van der Waals surface area contributed by atoms with Gasteiger partial charge in [0.1, 0.15) is 0 Å². The van der Waals surface area contributed by atoms with Crippen LogP contribution in [-0.2, 0) is 6.54 Å². The molecule has 2 nitrogen and oxygen atoms in total. The molecule has 0 aliphatic carbocycles. The molecule has 90 valence electrons. The molecular formula is C12H18F2N2. The molecule has 1 aromatic carbocycles. The number of nitrogens with two attached hydrogens (primary N) is 1. The third-order valence-electron chi connectivity index (χ3n) is 2.61. The monoisotopic (exact) mass is 228 g/mol. The second kappa shape index (κ2) is 5.92. The Morgan fingerprint density at radius 1 is 1.25 bits per heavy atom. The van der Waals surface area contributed by atoms with Gasteiger partial charge in [0.2, 0.25) is 0 Å². The Bertz CT molecular complexity index is 340. The summed E-state index contributed by atoms with van der Waals surface area (Å²) in [5, 5.41) is 3.22. The summed E-state index contributed by atoms with van der Waals surface area (Å²) in [6, 6.07) is 4.10. The van der Waals surface area contributed by atoms with E-state index in [-0.39, 0.29) is 6.04 Å². The highest BCUT2D eigenvalue weighted by molar-refractivity contribution is 5.17. The number of halogens is 2. The lowest BCUT2D eigenvalue weighted by Crippen LogP contribution is -2.39. The molecule has 0 aliphatic rings. The fraction of sp³-hybridized carbons (Fsp3) is 0.500. The average molecular weight is 228 g/mol. The molecule has 3 N–H and O–H groups in total. The highest BCUT2D eigenvalue weighted by Gasteiger charge is 2.10. The molecule has 0 radical (unpaired) electrons. The van der Waals surface area contributed by atoms with Crippen LogP contribution < -0.4 is 11.1 Å². The molecule has 0 spiro atoms. The Morgan fingerprint density at radius 3 is 2.44 bits per heavy atom. The van der Waals surface area contributed by atoms with Gasteiger partial charge >= 0.3 is 0 Å². The standard InChI is InChI=1S/C12H18F2N2/c1-8(2)12(6-15)16-7-9-3-4-10(13)11(14)5-9/h3-5,8,12,16H,6-7,15H2,1-2H3. The van der Waals surface area contributed by atoms with Crippen LogP contribution in [0.5, 0.6) is 0 Å². The largest absolute Gasteiger partial charge is 0.329 e. The van der Waals surface area contributed by atoms with Gasteiger partial charge in [0.05, 0.1) is 0 Å². The third kappa shape index (κ3) is 3.54. The summed E-state index contributed by atoms with van der Waals surface area (Å²) < 4.78 is 25.6. The van der Waals surface area contributed by atoms with Crippen molar-refractivity contribution in [2.24, 2.45) is 11.7 Å². The van der Waals surface area contributed by atoms with E-state index in [9.17, 15) is 8.78 Å². The van der Waals surface area contributed by atoms with Crippen molar-refractivity contribution in [3.8, 4) is 0 Å². The summed E-state index contributed by atoms with van der Waals surface area (Å²) in [5.74, 6) is -1.22. The minimum Gasteiger partial charge on any atom is -0.329 e. The molecule has 0 fully saturated rings. The van der Waals surface area contributed by atoms with E-state index < -0.39 is 11.6 Å². The summed E-state index contributed by atoms with van der Waals surface area (Å²) in [5.41, 5.74) is 6.32. The van der Waals surface area contributed by atoms with E-state index in [1.165, 1.54) is 6.07 Å². The minimum absolute atomic E-state index is 0.188. The first kappa shape index (κ1) is 13.1. The van der Waals surface area contributed by atoms with Crippen LogP contribution in [0.25, 0.3) is 0 Å². The Balaban J connectivity index is 2.57. The first-order valence-electron chi connectivity index (χ1n) is 5.42. The molecule has 1 atom stereocenters. The molecule has 0 saturated carbocycles. The van der Waals surface area contributed by atoms with Crippen LogP contribution in [0, 0.1) is 17.6 Å². The van der Waals surface area contributed by atoms with Crippen LogP contribution in [0.1, 0.15) is 19.4 Å². The molecule has 1 unspecified atom stereocenters. The lowest BCUT2D eigenvalue weighted by Gasteiger charge is -2.20. The molecule has 0 heterocycles. The van der Waals surface area contributed by atoms with Crippen molar-refractivity contribution in [1.82, 2.24) is 5.32 Å². The molecule has 0 saturated heterocycles. The summed E-state index contributed by atoms with van der Waals surface area (Å²) in [6.07, 6.45) is 0. The molecule has 4 heteroatoms. The number of hydrogen-bond donors (Lipinski definition) is 2. The first-order chi connectivity index (χ1) is 7.54. The Morgan fingerprint density at radius 2 is 1.94 bits per heavy atom. The normalized spacial score (nSPS) is 13.1. The van der Waals surface area contributed by atoms with Crippen molar-refractivity contribution < 1.29 is 8.78 Å². The van der Waals surface area contributed by atoms with Crippen LogP contribution in [0.3, 0.4) is 0 Å². The lowest BCUT2D eigenvalue weighted by molar-refractivity contribution is 0.404. The van der Waals surface area contributed by atoms with E-state index in [0.717, 1.165) is 11.6 Å². The van der Waals surface area contributed by atoms with Gasteiger partial charge in [-0.15, -0.1) is 0 Å². The van der Waals surface area contributed by atoms with Gasteiger partial charge in [-0.05, 0) is 23.6 Å². The average Bonchev–Trinajstić information content (AvgIpc) is 2.23. The zero-order valence-electron chi connectivity index (χ0n) is 9.63. The maximum Gasteiger partial charge on any atom is 0.159 e. The van der Waals surface area contributed by atoms with Gasteiger partial charge < -0.3 is 11.1 Å². The number of nitrogens with one attached hydrogen (secondary N) is 1. The van der Waals surface area contributed by atoms with Gasteiger partial charge in [0, 0.05) is 19.1 Å². The van der Waals surface area contributed by atoms with Crippen molar-refractivity contribution in [2.45, 2.75) is 26.4 Å². The zero-order valence-corrected chi connectivity index (χ0v) is 9.63. The maximum absolute atomic E-state index is 12.9. The van der Waals surface area contributed by atoms with Gasteiger partial charge in [-0.1, -0.05) is 19.9 Å². The highest BCUT2D eigenvalue weighted by Crippen LogP contribution is 2.09. The van der Waals surface area contributed by atoms with E-state index >= 15 is 0 Å². The third-order valence-corrected chi connectivity index (χ3v) is 2.61. The van der Waals surface area contributed by atoms with Crippen LogP contribution in [-0.4, -0.2) is 12.6 Å². The van der Waals surface area contributed by atoms with Crippen molar-refractivity contribution in [3.63, 3.8) is 0 Å². The first-order valence-corrected chi connectivity index (χ1v) is 5.42. The molecule has 0 amide bonds. The van der Waals surface area contributed by atoms with Crippen molar-refractivity contribution in [2.75, 3.05) is 6.54 Å². The fourth-order valence-corrected chi connectivity index (χ4v) is 1.49. The molecule has 1 aromatic rings. The summed E-state index contributed by atoms with van der Waals surface area (Å²) in [7, 11) is 0. The predicted molar refractivity (Wildman–Crippen MR) is 60.9 cm³/mol. The quantitative estimate of drug-likeness (QED) is 0.809. The Hall–Kier alpha value is -1.00. The molecular weight excluding hydrogens is 210 g/mol. The van der Waals surface area contributed by atoms with E-state index in [1.54, 1.807) is 6.07 Å².